The van der Waals surface area contributed by atoms with Crippen LogP contribution in [0.2, 0.25) is 0 Å². The number of alkyl halides is 3. The van der Waals surface area contributed by atoms with Crippen LogP contribution in [0, 0.1) is 5.41 Å². The first-order valence-corrected chi connectivity index (χ1v) is 17.1. The molecule has 0 radical (unpaired) electrons. The molecule has 0 bridgehead atoms. The molecule has 0 fully saturated rings. The van der Waals surface area contributed by atoms with Crippen LogP contribution in [-0.2, 0) is 30.5 Å². The summed E-state index contributed by atoms with van der Waals surface area (Å²) in [6.07, 6.45) is -2.92. The number of fused-ring (bicyclic) bond motifs is 2. The Morgan fingerprint density at radius 3 is 2.34 bits per heavy atom. The van der Waals surface area contributed by atoms with Crippen LogP contribution in [0.25, 0.3) is 33.1 Å². The van der Waals surface area contributed by atoms with Crippen molar-refractivity contribution >= 4 is 39.5 Å². The maximum Gasteiger partial charge on any atom is 0.418 e. The van der Waals surface area contributed by atoms with E-state index in [1.165, 1.54) is 12.3 Å². The lowest BCUT2D eigenvalue weighted by Crippen LogP contribution is -2.28. The summed E-state index contributed by atoms with van der Waals surface area (Å²) < 4.78 is 49.4. The van der Waals surface area contributed by atoms with Gasteiger partial charge in [-0.25, -0.2) is 4.98 Å². The van der Waals surface area contributed by atoms with Crippen molar-refractivity contribution in [2.75, 3.05) is 0 Å². The lowest BCUT2D eigenvalue weighted by molar-refractivity contribution is -0.147. The molecule has 0 unspecified atom stereocenters. The van der Waals surface area contributed by atoms with E-state index in [2.05, 4.69) is 30.3 Å². The van der Waals surface area contributed by atoms with Gasteiger partial charge < -0.3 is 14.4 Å². The third-order valence-electron chi connectivity index (χ3n) is 8.41. The summed E-state index contributed by atoms with van der Waals surface area (Å²) in [5.74, 6) is -0.252. The highest BCUT2D eigenvalue weighted by molar-refractivity contribution is 8.00. The highest BCUT2D eigenvalue weighted by Crippen LogP contribution is 2.44. The second-order valence-electron chi connectivity index (χ2n) is 14.0. The summed E-state index contributed by atoms with van der Waals surface area (Å²) in [6.45, 7) is 10.4. The molecule has 0 aliphatic carbocycles. The van der Waals surface area contributed by atoms with Gasteiger partial charge in [0.25, 0.3) is 0 Å². The number of carbonyl (C=O) groups is 1. The molecule has 0 saturated carbocycles. The number of rotatable bonds is 10. The van der Waals surface area contributed by atoms with Crippen molar-refractivity contribution in [3.63, 3.8) is 0 Å². The Hall–Kier alpha value is -4.83. The van der Waals surface area contributed by atoms with Gasteiger partial charge in [-0.1, -0.05) is 69.3 Å². The van der Waals surface area contributed by atoms with Crippen molar-refractivity contribution in [1.29, 1.82) is 0 Å². The van der Waals surface area contributed by atoms with Crippen LogP contribution < -0.4 is 4.74 Å². The van der Waals surface area contributed by atoms with Crippen LogP contribution in [0.3, 0.4) is 0 Å². The van der Waals surface area contributed by atoms with Crippen molar-refractivity contribution in [3.05, 3.63) is 120 Å². The Labute approximate surface area is 293 Å². The van der Waals surface area contributed by atoms with Gasteiger partial charge in [-0.15, -0.1) is 11.8 Å². The third-order valence-corrected chi connectivity index (χ3v) is 9.68. The predicted molar refractivity (Wildman–Crippen MR) is 193 cm³/mol. The van der Waals surface area contributed by atoms with E-state index in [9.17, 15) is 23.1 Å². The van der Waals surface area contributed by atoms with Crippen molar-refractivity contribution in [2.24, 2.45) is 5.41 Å². The fraction of sp³-hybridized carbons (Fsp3) is 0.275. The minimum absolute atomic E-state index is 0.128. The molecule has 0 atom stereocenters. The standard InChI is InChI=1S/C40H38F3N3O3S/c1-38(2,3)50-36-30-21-29(49-24-28-17-16-26-9-6-7-11-32(26)45-28)18-19-33(30)46(34(36)22-39(4,5)37(47)48)23-25-12-14-27(15-13-25)35-31(40(41,42)43)10-8-20-44-35/h6-21H,22-24H2,1-5H3,(H,47,48). The molecule has 3 aromatic heterocycles. The first-order chi connectivity index (χ1) is 23.6. The Morgan fingerprint density at radius 1 is 0.900 bits per heavy atom. The van der Waals surface area contributed by atoms with E-state index in [1.54, 1.807) is 49.9 Å². The Balaban J connectivity index is 1.40. The fourth-order valence-corrected chi connectivity index (χ4v) is 7.06. The van der Waals surface area contributed by atoms with Crippen LogP contribution in [0.5, 0.6) is 5.75 Å². The number of para-hydroxylation sites is 1. The average Bonchev–Trinajstić information content (AvgIpc) is 3.32. The van der Waals surface area contributed by atoms with Crippen LogP contribution in [0.1, 0.15) is 57.1 Å². The number of hydrogen-bond acceptors (Lipinski definition) is 5. The number of nitrogens with zero attached hydrogens (tertiary/aromatic N) is 3. The van der Waals surface area contributed by atoms with Gasteiger partial charge in [-0.2, -0.15) is 13.2 Å². The normalized spacial score (nSPS) is 12.5. The molecule has 3 aromatic carbocycles. The second kappa shape index (κ2) is 13.5. The van der Waals surface area contributed by atoms with Crippen LogP contribution >= 0.6 is 11.8 Å². The number of ether oxygens (including phenoxy) is 1. The van der Waals surface area contributed by atoms with E-state index in [0.717, 1.165) is 49.7 Å². The van der Waals surface area contributed by atoms with Crippen molar-refractivity contribution in [2.45, 2.75) is 70.0 Å². The quantitative estimate of drug-likeness (QED) is 0.144. The molecule has 258 valence electrons. The Bertz CT molecular complexity index is 2190. The number of benzene rings is 3. The Morgan fingerprint density at radius 2 is 1.64 bits per heavy atom. The lowest BCUT2D eigenvalue weighted by Gasteiger charge is -2.24. The fourth-order valence-electron chi connectivity index (χ4n) is 5.88. The number of thioether (sulfide) groups is 1. The molecule has 6 rings (SSSR count). The molecule has 0 amide bonds. The molecule has 0 spiro atoms. The monoisotopic (exact) mass is 697 g/mol. The molecule has 0 aliphatic rings. The molecular formula is C40H38F3N3O3S. The van der Waals surface area contributed by atoms with Gasteiger partial charge in [0.2, 0.25) is 0 Å². The number of aromatic nitrogens is 3. The molecule has 3 heterocycles. The largest absolute Gasteiger partial charge is 0.487 e. The number of carboxylic acid groups (broad SMARTS) is 1. The molecule has 6 nitrogen and oxygen atoms in total. The predicted octanol–water partition coefficient (Wildman–Crippen LogP) is 10.4. The average molecular weight is 698 g/mol. The summed E-state index contributed by atoms with van der Waals surface area (Å²) >= 11 is 1.67. The summed E-state index contributed by atoms with van der Waals surface area (Å²) in [4.78, 5) is 22.1. The SMILES string of the molecule is CC(C)(C)Sc1c(CC(C)(C)C(=O)O)n(Cc2ccc(-c3ncccc3C(F)(F)F)cc2)c2ccc(OCc3ccc4ccccc4n3)cc12. The number of aliphatic carboxylic acids is 1. The summed E-state index contributed by atoms with van der Waals surface area (Å²) in [5.41, 5.74) is 2.67. The zero-order valence-corrected chi connectivity index (χ0v) is 29.3. The molecule has 50 heavy (non-hydrogen) atoms. The van der Waals surface area contributed by atoms with E-state index in [4.69, 9.17) is 9.72 Å². The van der Waals surface area contributed by atoms with Gasteiger partial charge in [0.1, 0.15) is 12.4 Å². The van der Waals surface area contributed by atoms with Gasteiger partial charge in [-0.05, 0) is 61.9 Å². The minimum atomic E-state index is -4.53. The number of hydrogen-bond donors (Lipinski definition) is 1. The highest BCUT2D eigenvalue weighted by atomic mass is 32.2. The minimum Gasteiger partial charge on any atom is -0.487 e. The van der Waals surface area contributed by atoms with Crippen molar-refractivity contribution < 1.29 is 27.8 Å². The van der Waals surface area contributed by atoms with Gasteiger partial charge in [0.15, 0.2) is 0 Å². The molecule has 6 aromatic rings. The van der Waals surface area contributed by atoms with Crippen LogP contribution in [0.4, 0.5) is 13.2 Å². The van der Waals surface area contributed by atoms with Crippen molar-refractivity contribution in [3.8, 4) is 17.0 Å². The Kier molecular flexibility index (Phi) is 9.43. The van der Waals surface area contributed by atoms with Gasteiger partial charge in [0, 0.05) is 56.4 Å². The van der Waals surface area contributed by atoms with E-state index in [-0.39, 0.29) is 23.5 Å². The number of carboxylic acids is 1. The smallest absolute Gasteiger partial charge is 0.418 e. The molecular weight excluding hydrogens is 660 g/mol. The van der Waals surface area contributed by atoms with E-state index < -0.39 is 23.1 Å². The van der Waals surface area contributed by atoms with Crippen LogP contribution in [-0.4, -0.2) is 30.4 Å². The van der Waals surface area contributed by atoms with E-state index in [0.29, 0.717) is 17.9 Å². The molecule has 1 N–H and O–H groups in total. The highest BCUT2D eigenvalue weighted by Gasteiger charge is 2.35. The third kappa shape index (κ3) is 7.65. The first-order valence-electron chi connectivity index (χ1n) is 16.3. The number of halogens is 3. The number of pyridine rings is 2. The summed E-state index contributed by atoms with van der Waals surface area (Å²) in [6, 6.07) is 27.0. The van der Waals surface area contributed by atoms with Crippen molar-refractivity contribution in [1.82, 2.24) is 14.5 Å². The van der Waals surface area contributed by atoms with E-state index >= 15 is 0 Å². The molecule has 10 heteroatoms. The molecule has 0 saturated heterocycles. The maximum absolute atomic E-state index is 13.7. The zero-order valence-electron chi connectivity index (χ0n) is 28.5. The molecule has 0 aliphatic heterocycles. The van der Waals surface area contributed by atoms with Gasteiger partial charge in [0.05, 0.1) is 27.9 Å². The summed E-state index contributed by atoms with van der Waals surface area (Å²) in [7, 11) is 0. The van der Waals surface area contributed by atoms with Gasteiger partial charge >= 0.3 is 12.1 Å². The van der Waals surface area contributed by atoms with Gasteiger partial charge in [-0.3, -0.25) is 9.78 Å². The lowest BCUT2D eigenvalue weighted by atomic mass is 9.88. The zero-order chi connectivity index (χ0) is 35.8. The first kappa shape index (κ1) is 35.0. The topological polar surface area (TPSA) is 77.2 Å². The summed E-state index contributed by atoms with van der Waals surface area (Å²) in [5, 5.41) is 12.1. The van der Waals surface area contributed by atoms with Crippen LogP contribution in [0.15, 0.2) is 102 Å². The van der Waals surface area contributed by atoms with E-state index in [1.807, 2.05) is 54.6 Å². The maximum atomic E-state index is 13.7. The second-order valence-corrected chi connectivity index (χ2v) is 15.8.